The van der Waals surface area contributed by atoms with Crippen LogP contribution < -0.4 is 15.0 Å². The van der Waals surface area contributed by atoms with Crippen molar-refractivity contribution < 1.29 is 18.8 Å². The number of nitro groups is 1. The summed E-state index contributed by atoms with van der Waals surface area (Å²) >= 11 is 10.6. The molecule has 10 nitrogen and oxygen atoms in total. The third-order valence-corrected chi connectivity index (χ3v) is 9.28. The number of ether oxygens (including phenoxy) is 2. The van der Waals surface area contributed by atoms with Crippen LogP contribution in [-0.2, 0) is 6.61 Å². The maximum atomic E-state index is 13.7. The molecule has 0 fully saturated rings. The zero-order chi connectivity index (χ0) is 31.0. The largest absolute Gasteiger partial charge is 0.493 e. The SMILES string of the molecule is COc1cc(C=Nn2c(-c3cc4cc(Br)ccc4o3)nc3ccccc3c2=O)c(Br)c(Br)c1OCc1cccc([N+](=O)[O-])c1. The lowest BCUT2D eigenvalue weighted by Gasteiger charge is -2.15. The van der Waals surface area contributed by atoms with Crippen molar-refractivity contribution in [3.05, 3.63) is 124 Å². The van der Waals surface area contributed by atoms with Crippen LogP contribution in [-0.4, -0.2) is 27.9 Å². The Morgan fingerprint density at radius 1 is 1.02 bits per heavy atom. The number of hydrogen-bond acceptors (Lipinski definition) is 8. The predicted octanol–water partition coefficient (Wildman–Crippen LogP) is 8.48. The smallest absolute Gasteiger partial charge is 0.282 e. The van der Waals surface area contributed by atoms with Gasteiger partial charge in [-0.2, -0.15) is 9.78 Å². The molecule has 13 heteroatoms. The molecule has 0 atom stereocenters. The van der Waals surface area contributed by atoms with Crippen molar-refractivity contribution in [2.75, 3.05) is 7.11 Å². The summed E-state index contributed by atoms with van der Waals surface area (Å²) in [6, 6.07) is 22.4. The Morgan fingerprint density at radius 3 is 2.64 bits per heavy atom. The molecule has 4 aromatic carbocycles. The third-order valence-electron chi connectivity index (χ3n) is 6.65. The average Bonchev–Trinajstić information content (AvgIpc) is 3.45. The van der Waals surface area contributed by atoms with Crippen LogP contribution in [0, 0.1) is 10.1 Å². The molecule has 0 saturated carbocycles. The number of para-hydroxylation sites is 1. The van der Waals surface area contributed by atoms with Gasteiger partial charge in [-0.1, -0.05) is 40.2 Å². The van der Waals surface area contributed by atoms with Crippen LogP contribution in [0.25, 0.3) is 33.5 Å². The molecule has 6 aromatic rings. The van der Waals surface area contributed by atoms with Crippen LogP contribution in [0.2, 0.25) is 0 Å². The first kappa shape index (κ1) is 29.7. The Bertz CT molecular complexity index is 2180. The Kier molecular flexibility index (Phi) is 8.34. The van der Waals surface area contributed by atoms with Gasteiger partial charge in [0.15, 0.2) is 17.3 Å². The fourth-order valence-corrected chi connectivity index (χ4v) is 5.85. The summed E-state index contributed by atoms with van der Waals surface area (Å²) in [5.74, 6) is 1.36. The molecule has 44 heavy (non-hydrogen) atoms. The summed E-state index contributed by atoms with van der Waals surface area (Å²) in [4.78, 5) is 29.1. The Morgan fingerprint density at radius 2 is 1.84 bits per heavy atom. The predicted molar refractivity (Wildman–Crippen MR) is 178 cm³/mol. The number of nitrogens with zero attached hydrogens (tertiary/aromatic N) is 4. The molecule has 2 aromatic heterocycles. The van der Waals surface area contributed by atoms with Gasteiger partial charge < -0.3 is 13.9 Å². The first-order chi connectivity index (χ1) is 21.2. The minimum atomic E-state index is -0.459. The fraction of sp³-hybridized carbons (Fsp3) is 0.0645. The molecule has 0 saturated heterocycles. The topological polar surface area (TPSA) is 122 Å². The highest BCUT2D eigenvalue weighted by Gasteiger charge is 2.19. The van der Waals surface area contributed by atoms with Crippen LogP contribution >= 0.6 is 47.8 Å². The van der Waals surface area contributed by atoms with Crippen LogP contribution in [0.1, 0.15) is 11.1 Å². The van der Waals surface area contributed by atoms with E-state index in [0.29, 0.717) is 53.8 Å². The molecule has 220 valence electrons. The lowest BCUT2D eigenvalue weighted by molar-refractivity contribution is -0.384. The van der Waals surface area contributed by atoms with E-state index in [1.165, 1.54) is 30.1 Å². The number of non-ortho nitro benzene ring substituents is 1. The van der Waals surface area contributed by atoms with Gasteiger partial charge in [0.2, 0.25) is 5.82 Å². The first-order valence-electron chi connectivity index (χ1n) is 12.9. The van der Waals surface area contributed by atoms with E-state index in [9.17, 15) is 14.9 Å². The molecular formula is C31H19Br3N4O6. The Hall–Kier alpha value is -4.33. The number of aromatic nitrogens is 2. The molecule has 0 aliphatic heterocycles. The van der Waals surface area contributed by atoms with Crippen molar-refractivity contribution in [2.45, 2.75) is 6.61 Å². The summed E-state index contributed by atoms with van der Waals surface area (Å²) in [6.07, 6.45) is 1.50. The average molecular weight is 783 g/mol. The lowest BCUT2D eigenvalue weighted by atomic mass is 10.2. The number of benzene rings is 4. The highest BCUT2D eigenvalue weighted by molar-refractivity contribution is 9.13. The number of furan rings is 1. The fourth-order valence-electron chi connectivity index (χ4n) is 4.53. The van der Waals surface area contributed by atoms with Gasteiger partial charge >= 0.3 is 0 Å². The van der Waals surface area contributed by atoms with E-state index >= 15 is 0 Å². The summed E-state index contributed by atoms with van der Waals surface area (Å²) in [5, 5.41) is 16.9. The second-order valence-corrected chi connectivity index (χ2v) is 11.9. The number of rotatable bonds is 8. The first-order valence-corrected chi connectivity index (χ1v) is 15.3. The highest BCUT2D eigenvalue weighted by atomic mass is 79.9. The van der Waals surface area contributed by atoms with Gasteiger partial charge in [-0.3, -0.25) is 14.9 Å². The van der Waals surface area contributed by atoms with Gasteiger partial charge in [0.1, 0.15) is 12.2 Å². The van der Waals surface area contributed by atoms with E-state index in [1.807, 2.05) is 30.3 Å². The van der Waals surface area contributed by atoms with Crippen molar-refractivity contribution in [1.29, 1.82) is 0 Å². The van der Waals surface area contributed by atoms with Crippen LogP contribution in [0.5, 0.6) is 11.5 Å². The summed E-state index contributed by atoms with van der Waals surface area (Å²) in [6.45, 7) is 0.0616. The van der Waals surface area contributed by atoms with E-state index in [-0.39, 0.29) is 23.7 Å². The molecular weight excluding hydrogens is 764 g/mol. The molecule has 0 amide bonds. The number of hydrogen-bond donors (Lipinski definition) is 0. The molecule has 0 aliphatic rings. The zero-order valence-corrected chi connectivity index (χ0v) is 27.4. The molecule has 0 unspecified atom stereocenters. The second-order valence-electron chi connectivity index (χ2n) is 9.45. The summed E-state index contributed by atoms with van der Waals surface area (Å²) in [5.41, 5.74) is 1.93. The summed E-state index contributed by atoms with van der Waals surface area (Å²) in [7, 11) is 1.49. The molecule has 0 radical (unpaired) electrons. The lowest BCUT2D eigenvalue weighted by Crippen LogP contribution is -2.20. The zero-order valence-electron chi connectivity index (χ0n) is 22.7. The van der Waals surface area contributed by atoms with Gasteiger partial charge in [-0.05, 0) is 79.9 Å². The normalized spacial score (nSPS) is 11.5. The molecule has 0 aliphatic carbocycles. The van der Waals surface area contributed by atoms with Crippen molar-refractivity contribution >= 4 is 81.6 Å². The van der Waals surface area contributed by atoms with Crippen molar-refractivity contribution in [1.82, 2.24) is 9.66 Å². The van der Waals surface area contributed by atoms with Gasteiger partial charge in [-0.15, -0.1) is 0 Å². The Labute approximate surface area is 274 Å². The minimum Gasteiger partial charge on any atom is -0.493 e. The monoisotopic (exact) mass is 780 g/mol. The van der Waals surface area contributed by atoms with E-state index in [2.05, 4.69) is 52.9 Å². The summed E-state index contributed by atoms with van der Waals surface area (Å²) < 4.78 is 20.9. The van der Waals surface area contributed by atoms with E-state index in [4.69, 9.17) is 18.9 Å². The quantitative estimate of drug-likeness (QED) is 0.0863. The molecule has 0 bridgehead atoms. The number of methoxy groups -OCH3 is 1. The van der Waals surface area contributed by atoms with Gasteiger partial charge in [-0.25, -0.2) is 4.98 Å². The number of fused-ring (bicyclic) bond motifs is 2. The van der Waals surface area contributed by atoms with E-state index in [0.717, 1.165) is 9.86 Å². The maximum absolute atomic E-state index is 13.7. The van der Waals surface area contributed by atoms with E-state index < -0.39 is 4.92 Å². The van der Waals surface area contributed by atoms with Crippen molar-refractivity contribution in [3.8, 4) is 23.1 Å². The molecule has 0 spiro atoms. The molecule has 6 rings (SSSR count). The van der Waals surface area contributed by atoms with Crippen LogP contribution in [0.3, 0.4) is 0 Å². The maximum Gasteiger partial charge on any atom is 0.282 e. The van der Waals surface area contributed by atoms with Crippen LogP contribution in [0.15, 0.2) is 107 Å². The standard InChI is InChI=1S/C31H19Br3N4O6/c1-42-25-14-19(27(33)28(34)29(25)43-16-17-5-4-6-21(11-17)38(40)41)15-35-37-30(36-23-8-3-2-7-22(23)31(37)39)26-13-18-12-20(32)9-10-24(18)44-26/h2-15H,16H2,1H3. The Balaban J connectivity index is 1.40. The second kappa shape index (κ2) is 12.3. The highest BCUT2D eigenvalue weighted by Crippen LogP contribution is 2.43. The molecule has 2 heterocycles. The van der Waals surface area contributed by atoms with Crippen LogP contribution in [0.4, 0.5) is 5.69 Å². The van der Waals surface area contributed by atoms with Crippen molar-refractivity contribution in [3.63, 3.8) is 0 Å². The third kappa shape index (κ3) is 5.77. The van der Waals surface area contributed by atoms with Crippen molar-refractivity contribution in [2.24, 2.45) is 5.10 Å². The minimum absolute atomic E-state index is 0.0295. The molecule has 0 N–H and O–H groups in total. The number of nitro benzene ring substituents is 1. The van der Waals surface area contributed by atoms with Gasteiger partial charge in [0, 0.05) is 32.0 Å². The number of halogens is 3. The van der Waals surface area contributed by atoms with Gasteiger partial charge in [0.05, 0.1) is 33.6 Å². The van der Waals surface area contributed by atoms with Gasteiger partial charge in [0.25, 0.3) is 11.2 Å². The van der Waals surface area contributed by atoms with E-state index in [1.54, 1.807) is 36.4 Å².